The number of benzene rings is 3. The highest BCUT2D eigenvalue weighted by Crippen LogP contribution is 2.32. The molecule has 0 saturated carbocycles. The number of nitrogens with zero attached hydrogens (tertiary/aromatic N) is 2. The quantitative estimate of drug-likeness (QED) is 0.440. The van der Waals surface area contributed by atoms with Crippen LogP contribution in [0.5, 0.6) is 0 Å². The lowest BCUT2D eigenvalue weighted by Gasteiger charge is -2.34. The molecule has 0 radical (unpaired) electrons. The van der Waals surface area contributed by atoms with Crippen LogP contribution in [0.25, 0.3) is 22.2 Å². The van der Waals surface area contributed by atoms with Crippen molar-refractivity contribution in [3.05, 3.63) is 102 Å². The number of para-hydroxylation sites is 1. The molecule has 5 rings (SSSR count). The summed E-state index contributed by atoms with van der Waals surface area (Å²) in [6.07, 6.45) is 1.09. The lowest BCUT2D eigenvalue weighted by atomic mass is 9.87. The molecule has 4 heteroatoms. The molecule has 0 aliphatic carbocycles. The molecule has 1 amide bonds. The number of hydrogen-bond acceptors (Lipinski definition) is 3. The van der Waals surface area contributed by atoms with Crippen molar-refractivity contribution in [1.82, 2.24) is 9.88 Å². The molecule has 1 aromatic heterocycles. The minimum Gasteiger partial charge on any atom is -0.388 e. The topological polar surface area (TPSA) is 53.4 Å². The molecular formula is C29H28N2O2. The first-order chi connectivity index (χ1) is 16.1. The number of carbonyl (C=O) groups excluding carboxylic acids is 1. The number of aliphatic hydroxyl groups is 1. The summed E-state index contributed by atoms with van der Waals surface area (Å²) < 4.78 is 0. The van der Waals surface area contributed by atoms with Crippen LogP contribution in [0.15, 0.2) is 84.9 Å². The van der Waals surface area contributed by atoms with E-state index in [-0.39, 0.29) is 11.8 Å². The Morgan fingerprint density at radius 1 is 0.939 bits per heavy atom. The number of likely N-dealkylation sites (tertiary alicyclic amines) is 1. The third kappa shape index (κ3) is 4.39. The summed E-state index contributed by atoms with van der Waals surface area (Å²) in [5, 5.41) is 11.7. The van der Waals surface area contributed by atoms with E-state index in [1.165, 1.54) is 5.56 Å². The van der Waals surface area contributed by atoms with Gasteiger partial charge in [-0.1, -0.05) is 78.4 Å². The summed E-state index contributed by atoms with van der Waals surface area (Å²) in [5.41, 5.74) is 5.48. The van der Waals surface area contributed by atoms with Crippen LogP contribution in [0.2, 0.25) is 0 Å². The molecule has 4 aromatic rings. The van der Waals surface area contributed by atoms with Gasteiger partial charge in [0.05, 0.1) is 22.9 Å². The Balaban J connectivity index is 1.40. The molecule has 0 spiro atoms. The highest BCUT2D eigenvalue weighted by Gasteiger charge is 2.29. The van der Waals surface area contributed by atoms with E-state index in [9.17, 15) is 9.90 Å². The number of pyridine rings is 1. The van der Waals surface area contributed by atoms with E-state index < -0.39 is 6.10 Å². The van der Waals surface area contributed by atoms with E-state index in [4.69, 9.17) is 4.98 Å². The molecule has 1 atom stereocenters. The lowest BCUT2D eigenvalue weighted by molar-refractivity contribution is 0.0463. The number of aromatic nitrogens is 1. The average molecular weight is 437 g/mol. The number of piperidine rings is 1. The molecule has 1 fully saturated rings. The zero-order valence-electron chi connectivity index (χ0n) is 18.8. The van der Waals surface area contributed by atoms with Gasteiger partial charge in [0.15, 0.2) is 0 Å². The molecule has 2 heterocycles. The van der Waals surface area contributed by atoms with E-state index in [1.54, 1.807) is 0 Å². The van der Waals surface area contributed by atoms with Gasteiger partial charge in [-0.2, -0.15) is 0 Å². The second-order valence-electron chi connectivity index (χ2n) is 8.92. The zero-order chi connectivity index (χ0) is 22.8. The molecule has 33 heavy (non-hydrogen) atoms. The van der Waals surface area contributed by atoms with Crippen LogP contribution in [0, 0.1) is 12.8 Å². The second kappa shape index (κ2) is 9.16. The predicted octanol–water partition coefficient (Wildman–Crippen LogP) is 5.80. The van der Waals surface area contributed by atoms with Crippen LogP contribution in [0.1, 0.15) is 40.4 Å². The van der Waals surface area contributed by atoms with E-state index >= 15 is 0 Å². The van der Waals surface area contributed by atoms with E-state index in [2.05, 4.69) is 31.2 Å². The number of hydrogen-bond donors (Lipinski definition) is 1. The summed E-state index contributed by atoms with van der Waals surface area (Å²) >= 11 is 0. The fourth-order valence-electron chi connectivity index (χ4n) is 4.74. The summed E-state index contributed by atoms with van der Waals surface area (Å²) in [6.45, 7) is 3.35. The summed E-state index contributed by atoms with van der Waals surface area (Å²) in [6, 6.07) is 27.8. The van der Waals surface area contributed by atoms with Crippen LogP contribution in [0.3, 0.4) is 0 Å². The summed E-state index contributed by atoms with van der Waals surface area (Å²) in [7, 11) is 0. The summed E-state index contributed by atoms with van der Waals surface area (Å²) in [5.74, 6) is 0.198. The molecule has 166 valence electrons. The van der Waals surface area contributed by atoms with Gasteiger partial charge in [-0.3, -0.25) is 4.79 Å². The molecule has 1 N–H and O–H groups in total. The molecular weight excluding hydrogens is 408 g/mol. The number of carbonyl (C=O) groups is 1. The van der Waals surface area contributed by atoms with Gasteiger partial charge in [0, 0.05) is 24.0 Å². The van der Waals surface area contributed by atoms with Crippen molar-refractivity contribution >= 4 is 16.8 Å². The van der Waals surface area contributed by atoms with Gasteiger partial charge in [-0.05, 0) is 43.4 Å². The standard InChI is InChI=1S/C29H28N2O2/c1-20-11-13-21(14-12-20)27-19-25(24-9-5-6-10-26(24)30-27)29(33)31-17-15-23(16-18-31)28(32)22-7-3-2-4-8-22/h2-14,19,23,28,32H,15-18H2,1H3. The van der Waals surface area contributed by atoms with Crippen molar-refractivity contribution in [3.63, 3.8) is 0 Å². The third-order valence-corrected chi connectivity index (χ3v) is 6.71. The Morgan fingerprint density at radius 2 is 1.61 bits per heavy atom. The van der Waals surface area contributed by atoms with E-state index in [0.717, 1.165) is 40.6 Å². The Morgan fingerprint density at radius 3 is 2.33 bits per heavy atom. The van der Waals surface area contributed by atoms with Crippen molar-refractivity contribution in [1.29, 1.82) is 0 Å². The molecule has 3 aromatic carbocycles. The highest BCUT2D eigenvalue weighted by atomic mass is 16.3. The van der Waals surface area contributed by atoms with Crippen molar-refractivity contribution in [2.24, 2.45) is 5.92 Å². The molecule has 0 bridgehead atoms. The lowest BCUT2D eigenvalue weighted by Crippen LogP contribution is -2.39. The monoisotopic (exact) mass is 436 g/mol. The van der Waals surface area contributed by atoms with E-state index in [1.807, 2.05) is 65.6 Å². The Hall–Kier alpha value is -3.50. The second-order valence-corrected chi connectivity index (χ2v) is 8.92. The molecule has 1 unspecified atom stereocenters. The van der Waals surface area contributed by atoms with Gasteiger partial charge < -0.3 is 10.0 Å². The molecule has 4 nitrogen and oxygen atoms in total. The smallest absolute Gasteiger partial charge is 0.254 e. The highest BCUT2D eigenvalue weighted by molar-refractivity contribution is 6.07. The SMILES string of the molecule is Cc1ccc(-c2cc(C(=O)N3CCC(C(O)c4ccccc4)CC3)c3ccccc3n2)cc1. The maximum Gasteiger partial charge on any atom is 0.254 e. The number of rotatable bonds is 4. The van der Waals surface area contributed by atoms with Gasteiger partial charge in [-0.15, -0.1) is 0 Å². The van der Waals surface area contributed by atoms with Crippen LogP contribution >= 0.6 is 0 Å². The van der Waals surface area contributed by atoms with Crippen molar-refractivity contribution in [2.75, 3.05) is 13.1 Å². The van der Waals surface area contributed by atoms with Gasteiger partial charge in [0.25, 0.3) is 5.91 Å². The number of aliphatic hydroxyl groups excluding tert-OH is 1. The van der Waals surface area contributed by atoms with Crippen LogP contribution in [-0.4, -0.2) is 34.0 Å². The fourth-order valence-corrected chi connectivity index (χ4v) is 4.74. The first-order valence-electron chi connectivity index (χ1n) is 11.6. The minimum absolute atomic E-state index is 0.0367. The first kappa shape index (κ1) is 21.4. The molecule has 1 aliphatic rings. The molecule has 1 saturated heterocycles. The third-order valence-electron chi connectivity index (χ3n) is 6.71. The van der Waals surface area contributed by atoms with Gasteiger partial charge >= 0.3 is 0 Å². The zero-order valence-corrected chi connectivity index (χ0v) is 18.8. The van der Waals surface area contributed by atoms with E-state index in [0.29, 0.717) is 18.7 Å². The van der Waals surface area contributed by atoms with Gasteiger partial charge in [-0.25, -0.2) is 4.98 Å². The maximum absolute atomic E-state index is 13.6. The number of aryl methyl sites for hydroxylation is 1. The average Bonchev–Trinajstić information content (AvgIpc) is 2.88. The maximum atomic E-state index is 13.6. The largest absolute Gasteiger partial charge is 0.388 e. The van der Waals surface area contributed by atoms with Crippen LogP contribution in [-0.2, 0) is 0 Å². The summed E-state index contributed by atoms with van der Waals surface area (Å²) in [4.78, 5) is 20.4. The van der Waals surface area contributed by atoms with Crippen LogP contribution < -0.4 is 0 Å². The number of amides is 1. The normalized spacial score (nSPS) is 15.5. The van der Waals surface area contributed by atoms with Crippen LogP contribution in [0.4, 0.5) is 0 Å². The first-order valence-corrected chi connectivity index (χ1v) is 11.6. The van der Waals surface area contributed by atoms with Gasteiger partial charge in [0.2, 0.25) is 0 Å². The minimum atomic E-state index is -0.488. The van der Waals surface area contributed by atoms with Crippen molar-refractivity contribution < 1.29 is 9.90 Å². The number of fused-ring (bicyclic) bond motifs is 1. The molecule has 1 aliphatic heterocycles. The predicted molar refractivity (Wildman–Crippen MR) is 132 cm³/mol. The van der Waals surface area contributed by atoms with Crippen molar-refractivity contribution in [2.45, 2.75) is 25.9 Å². The Labute approximate surface area is 194 Å². The Bertz CT molecular complexity index is 1260. The fraction of sp³-hybridized carbons (Fsp3) is 0.241. The van der Waals surface area contributed by atoms with Crippen molar-refractivity contribution in [3.8, 4) is 11.3 Å². The van der Waals surface area contributed by atoms with Gasteiger partial charge in [0.1, 0.15) is 0 Å². The Kier molecular flexibility index (Phi) is 5.93.